The maximum atomic E-state index is 12.5. The second-order valence-electron chi connectivity index (χ2n) is 6.85. The van der Waals surface area contributed by atoms with Crippen LogP contribution < -0.4 is 15.0 Å². The number of nitrogens with one attached hydrogen (secondary N) is 1. The van der Waals surface area contributed by atoms with Crippen molar-refractivity contribution >= 4 is 23.1 Å². The van der Waals surface area contributed by atoms with Crippen LogP contribution in [0.15, 0.2) is 48.5 Å². The normalized spacial score (nSPS) is 13.9. The summed E-state index contributed by atoms with van der Waals surface area (Å²) in [6.07, 6.45) is 0.430. The molecule has 6 heteroatoms. The first-order chi connectivity index (χ1) is 13.6. The Kier molecular flexibility index (Phi) is 6.53. The molecule has 148 valence electrons. The molecule has 0 atom stereocenters. The first-order valence-corrected chi connectivity index (χ1v) is 9.59. The number of benzene rings is 2. The van der Waals surface area contributed by atoms with E-state index >= 15 is 0 Å². The van der Waals surface area contributed by atoms with Crippen molar-refractivity contribution in [1.82, 2.24) is 4.90 Å². The molecule has 0 saturated carbocycles. The van der Waals surface area contributed by atoms with Crippen LogP contribution in [0.2, 0.25) is 0 Å². The van der Waals surface area contributed by atoms with Crippen LogP contribution in [0.3, 0.4) is 0 Å². The fourth-order valence-electron chi connectivity index (χ4n) is 3.41. The number of anilines is 2. The zero-order valence-electron chi connectivity index (χ0n) is 16.5. The second kappa shape index (κ2) is 9.26. The monoisotopic (exact) mass is 381 g/mol. The third kappa shape index (κ3) is 4.82. The fourth-order valence-corrected chi connectivity index (χ4v) is 3.41. The van der Waals surface area contributed by atoms with Crippen LogP contribution in [0.4, 0.5) is 11.4 Å². The summed E-state index contributed by atoms with van der Waals surface area (Å²) in [4.78, 5) is 28.1. The van der Waals surface area contributed by atoms with E-state index in [2.05, 4.69) is 16.3 Å². The second-order valence-corrected chi connectivity index (χ2v) is 6.85. The molecule has 2 aromatic rings. The number of Topliss-reactive ketones (excluding diaryl/α,β-unsaturated/α-hetero) is 1. The molecule has 1 aliphatic rings. The number of nitrogens with zero attached hydrogens (tertiary/aromatic N) is 2. The number of carbonyl (C=O) groups excluding carboxylic acids is 2. The van der Waals surface area contributed by atoms with Gasteiger partial charge in [0.15, 0.2) is 5.78 Å². The number of methoxy groups -OCH3 is 1. The topological polar surface area (TPSA) is 61.9 Å². The first-order valence-electron chi connectivity index (χ1n) is 9.59. The molecule has 1 N–H and O–H groups in total. The molecule has 1 aliphatic heterocycles. The van der Waals surface area contributed by atoms with Crippen molar-refractivity contribution in [3.05, 3.63) is 54.1 Å². The van der Waals surface area contributed by atoms with Gasteiger partial charge in [0.1, 0.15) is 5.75 Å². The molecule has 6 nitrogen and oxygen atoms in total. The van der Waals surface area contributed by atoms with Crippen molar-refractivity contribution < 1.29 is 14.3 Å². The van der Waals surface area contributed by atoms with E-state index < -0.39 is 0 Å². The molecule has 0 radical (unpaired) electrons. The van der Waals surface area contributed by atoms with Crippen molar-refractivity contribution in [2.75, 3.05) is 50.1 Å². The Morgan fingerprint density at radius 3 is 2.50 bits per heavy atom. The molecule has 0 aromatic heterocycles. The average molecular weight is 381 g/mol. The van der Waals surface area contributed by atoms with Gasteiger partial charge in [-0.25, -0.2) is 0 Å². The SMILES string of the molecule is COc1ccccc1N1CCN(C(=O)CCNc2cccc(C(C)=O)c2)CC1. The average Bonchev–Trinajstić information content (AvgIpc) is 2.74. The number of carbonyl (C=O) groups is 2. The summed E-state index contributed by atoms with van der Waals surface area (Å²) in [5.74, 6) is 1.04. The highest BCUT2D eigenvalue weighted by atomic mass is 16.5. The molecule has 28 heavy (non-hydrogen) atoms. The standard InChI is InChI=1S/C22H27N3O3/c1-17(26)18-6-5-7-19(16-18)23-11-10-22(27)25-14-12-24(13-15-25)20-8-3-4-9-21(20)28-2/h3-9,16,23H,10-15H2,1-2H3. The van der Waals surface area contributed by atoms with E-state index in [0.29, 0.717) is 31.6 Å². The number of rotatable bonds is 7. The summed E-state index contributed by atoms with van der Waals surface area (Å²) in [6, 6.07) is 15.3. The first kappa shape index (κ1) is 19.7. The molecule has 3 rings (SSSR count). The van der Waals surface area contributed by atoms with Gasteiger partial charge in [-0.1, -0.05) is 24.3 Å². The van der Waals surface area contributed by atoms with E-state index in [1.54, 1.807) is 20.1 Å². The van der Waals surface area contributed by atoms with Crippen LogP contribution in [0.25, 0.3) is 0 Å². The predicted molar refractivity (Wildman–Crippen MR) is 111 cm³/mol. The van der Waals surface area contributed by atoms with Gasteiger partial charge in [-0.05, 0) is 31.2 Å². The summed E-state index contributed by atoms with van der Waals surface area (Å²) in [5.41, 5.74) is 2.61. The van der Waals surface area contributed by atoms with E-state index in [1.165, 1.54) is 0 Å². The minimum atomic E-state index is 0.0349. The molecule has 1 saturated heterocycles. The van der Waals surface area contributed by atoms with Crippen molar-refractivity contribution in [3.8, 4) is 5.75 Å². The van der Waals surface area contributed by atoms with Crippen molar-refractivity contribution in [2.45, 2.75) is 13.3 Å². The van der Waals surface area contributed by atoms with E-state index in [4.69, 9.17) is 4.74 Å². The van der Waals surface area contributed by atoms with E-state index in [9.17, 15) is 9.59 Å². The Morgan fingerprint density at radius 2 is 1.79 bits per heavy atom. The molecule has 1 fully saturated rings. The van der Waals surface area contributed by atoms with Gasteiger partial charge in [-0.3, -0.25) is 9.59 Å². The summed E-state index contributed by atoms with van der Waals surface area (Å²) >= 11 is 0. The van der Waals surface area contributed by atoms with Gasteiger partial charge in [-0.2, -0.15) is 0 Å². The maximum Gasteiger partial charge on any atom is 0.224 e. The number of piperazine rings is 1. The van der Waals surface area contributed by atoms with E-state index in [0.717, 1.165) is 30.2 Å². The summed E-state index contributed by atoms with van der Waals surface area (Å²) in [5, 5.41) is 3.23. The van der Waals surface area contributed by atoms with Crippen LogP contribution in [0, 0.1) is 0 Å². The van der Waals surface area contributed by atoms with Crippen molar-refractivity contribution in [3.63, 3.8) is 0 Å². The largest absolute Gasteiger partial charge is 0.495 e. The molecular weight excluding hydrogens is 354 g/mol. The molecule has 1 amide bonds. The van der Waals surface area contributed by atoms with Gasteiger partial charge in [0, 0.05) is 50.4 Å². The fraction of sp³-hybridized carbons (Fsp3) is 0.364. The van der Waals surface area contributed by atoms with Gasteiger partial charge in [0.2, 0.25) is 5.91 Å². The zero-order valence-corrected chi connectivity index (χ0v) is 16.5. The van der Waals surface area contributed by atoms with Crippen LogP contribution in [0.1, 0.15) is 23.7 Å². The van der Waals surface area contributed by atoms with Crippen molar-refractivity contribution in [2.24, 2.45) is 0 Å². The van der Waals surface area contributed by atoms with Crippen LogP contribution in [0.5, 0.6) is 5.75 Å². The molecule has 0 aliphatic carbocycles. The Balaban J connectivity index is 1.46. The van der Waals surface area contributed by atoms with Gasteiger partial charge in [0.05, 0.1) is 12.8 Å². The Morgan fingerprint density at radius 1 is 1.04 bits per heavy atom. The number of amides is 1. The van der Waals surface area contributed by atoms with Crippen LogP contribution >= 0.6 is 0 Å². The highest BCUT2D eigenvalue weighted by Gasteiger charge is 2.22. The van der Waals surface area contributed by atoms with Crippen molar-refractivity contribution in [1.29, 1.82) is 0 Å². The molecule has 0 unspecified atom stereocenters. The molecular formula is C22H27N3O3. The zero-order chi connectivity index (χ0) is 19.9. The third-order valence-electron chi connectivity index (χ3n) is 5.00. The summed E-state index contributed by atoms with van der Waals surface area (Å²) in [6.45, 7) is 5.09. The maximum absolute atomic E-state index is 12.5. The highest BCUT2D eigenvalue weighted by Crippen LogP contribution is 2.28. The minimum Gasteiger partial charge on any atom is -0.495 e. The predicted octanol–water partition coefficient (Wildman–Crippen LogP) is 3.05. The lowest BCUT2D eigenvalue weighted by Gasteiger charge is -2.36. The molecule has 0 spiro atoms. The quantitative estimate of drug-likeness (QED) is 0.747. The number of hydrogen-bond donors (Lipinski definition) is 1. The lowest BCUT2D eigenvalue weighted by Crippen LogP contribution is -2.49. The van der Waals surface area contributed by atoms with Gasteiger partial charge in [-0.15, -0.1) is 0 Å². The summed E-state index contributed by atoms with van der Waals surface area (Å²) in [7, 11) is 1.68. The van der Waals surface area contributed by atoms with E-state index in [1.807, 2.05) is 41.3 Å². The Bertz CT molecular complexity index is 829. The number of ether oxygens (including phenoxy) is 1. The lowest BCUT2D eigenvalue weighted by atomic mass is 10.1. The smallest absolute Gasteiger partial charge is 0.224 e. The number of hydrogen-bond acceptors (Lipinski definition) is 5. The minimum absolute atomic E-state index is 0.0349. The van der Waals surface area contributed by atoms with Crippen LogP contribution in [-0.4, -0.2) is 56.4 Å². The molecule has 1 heterocycles. The highest BCUT2D eigenvalue weighted by molar-refractivity contribution is 5.94. The summed E-state index contributed by atoms with van der Waals surface area (Å²) < 4.78 is 5.44. The molecule has 0 bridgehead atoms. The third-order valence-corrected chi connectivity index (χ3v) is 5.00. The van der Waals surface area contributed by atoms with Gasteiger partial charge in [0.25, 0.3) is 0 Å². The number of ketones is 1. The van der Waals surface area contributed by atoms with Gasteiger partial charge < -0.3 is 19.9 Å². The molecule has 2 aromatic carbocycles. The van der Waals surface area contributed by atoms with Gasteiger partial charge >= 0.3 is 0 Å². The van der Waals surface area contributed by atoms with Crippen LogP contribution in [-0.2, 0) is 4.79 Å². The Hall–Kier alpha value is -3.02. The Labute approximate surface area is 166 Å². The number of para-hydroxylation sites is 2. The lowest BCUT2D eigenvalue weighted by molar-refractivity contribution is -0.131. The van der Waals surface area contributed by atoms with E-state index in [-0.39, 0.29) is 11.7 Å².